The molecular formula is C10H27NO. The molecule has 1 amide bonds. The van der Waals surface area contributed by atoms with E-state index in [9.17, 15) is 4.79 Å². The van der Waals surface area contributed by atoms with Crippen molar-refractivity contribution in [1.29, 1.82) is 0 Å². The molecule has 0 aliphatic heterocycles. The fourth-order valence-corrected chi connectivity index (χ4v) is 0. The maximum Gasteiger partial charge on any atom is 0.218 e. The first kappa shape index (κ1) is 22.5. The fraction of sp³-hybridized carbons (Fsp3) is 0.900. The highest BCUT2D eigenvalue weighted by molar-refractivity contribution is 5.72. The van der Waals surface area contributed by atoms with Gasteiger partial charge in [-0.05, 0) is 0 Å². The van der Waals surface area contributed by atoms with E-state index in [1.165, 1.54) is 11.8 Å². The lowest BCUT2D eigenvalue weighted by Crippen LogP contribution is -2.17. The standard InChI is InChI=1S/C4H9NO.3C2H6/c1-4(6)5(2)3;3*1-2/h1-3H3;3*1-2H3. The minimum Gasteiger partial charge on any atom is -0.349 e. The summed E-state index contributed by atoms with van der Waals surface area (Å²) in [4.78, 5) is 11.6. The first-order valence-corrected chi connectivity index (χ1v) is 4.82. The summed E-state index contributed by atoms with van der Waals surface area (Å²) in [6, 6.07) is 0. The third kappa shape index (κ3) is 56.4. The highest BCUT2D eigenvalue weighted by Crippen LogP contribution is 1.69. The summed E-state index contributed by atoms with van der Waals surface area (Å²) >= 11 is 0. The molecule has 0 aliphatic rings. The molecule has 0 spiro atoms. The maximum absolute atomic E-state index is 10.1. The Bertz CT molecular complexity index is 60.9. The van der Waals surface area contributed by atoms with Gasteiger partial charge in [0.05, 0.1) is 0 Å². The lowest BCUT2D eigenvalue weighted by molar-refractivity contribution is -0.126. The van der Waals surface area contributed by atoms with E-state index in [0.717, 1.165) is 0 Å². The van der Waals surface area contributed by atoms with Crippen LogP contribution in [0.25, 0.3) is 0 Å². The molecule has 0 atom stereocenters. The Balaban J connectivity index is -0.0000000453. The molecule has 2 heteroatoms. The van der Waals surface area contributed by atoms with Gasteiger partial charge in [0.2, 0.25) is 5.91 Å². The van der Waals surface area contributed by atoms with Crippen LogP contribution < -0.4 is 0 Å². The number of hydrogen-bond donors (Lipinski definition) is 0. The van der Waals surface area contributed by atoms with Crippen molar-refractivity contribution in [2.75, 3.05) is 14.1 Å². The van der Waals surface area contributed by atoms with E-state index in [0.29, 0.717) is 0 Å². The third-order valence-corrected chi connectivity index (χ3v) is 0.630. The molecule has 0 aromatic rings. The number of nitrogens with zero attached hydrogens (tertiary/aromatic N) is 1. The Hall–Kier alpha value is -0.530. The van der Waals surface area contributed by atoms with Crippen LogP contribution in [0, 0.1) is 0 Å². The minimum atomic E-state index is 0.0926. The average Bonchev–Trinajstić information content (AvgIpc) is 2.14. The van der Waals surface area contributed by atoms with Crippen molar-refractivity contribution in [3.05, 3.63) is 0 Å². The normalized spacial score (nSPS) is 5.42. The average molecular weight is 177 g/mol. The van der Waals surface area contributed by atoms with Gasteiger partial charge in [-0.1, -0.05) is 41.5 Å². The topological polar surface area (TPSA) is 20.3 Å². The van der Waals surface area contributed by atoms with Crippen LogP contribution in [0.2, 0.25) is 0 Å². The Morgan fingerprint density at radius 1 is 0.833 bits per heavy atom. The number of amides is 1. The van der Waals surface area contributed by atoms with E-state index < -0.39 is 0 Å². The molecule has 2 nitrogen and oxygen atoms in total. The monoisotopic (exact) mass is 177 g/mol. The zero-order valence-corrected chi connectivity index (χ0v) is 10.4. The SMILES string of the molecule is CC.CC.CC.CC(=O)N(C)C. The van der Waals surface area contributed by atoms with E-state index in [1.54, 1.807) is 14.1 Å². The van der Waals surface area contributed by atoms with Gasteiger partial charge in [0, 0.05) is 21.0 Å². The highest BCUT2D eigenvalue weighted by Gasteiger charge is 1.87. The highest BCUT2D eigenvalue weighted by atomic mass is 16.2. The van der Waals surface area contributed by atoms with E-state index in [4.69, 9.17) is 0 Å². The van der Waals surface area contributed by atoms with Gasteiger partial charge in [-0.25, -0.2) is 0 Å². The summed E-state index contributed by atoms with van der Waals surface area (Å²) in [5.41, 5.74) is 0. The van der Waals surface area contributed by atoms with Crippen LogP contribution in [0.15, 0.2) is 0 Å². The molecule has 0 radical (unpaired) electrons. The van der Waals surface area contributed by atoms with Crippen LogP contribution in [0.4, 0.5) is 0 Å². The third-order valence-electron chi connectivity index (χ3n) is 0.630. The van der Waals surface area contributed by atoms with Crippen LogP contribution in [0.1, 0.15) is 48.5 Å². The molecule has 0 unspecified atom stereocenters. The quantitative estimate of drug-likeness (QED) is 0.556. The van der Waals surface area contributed by atoms with Crippen molar-refractivity contribution in [3.63, 3.8) is 0 Å². The summed E-state index contributed by atoms with van der Waals surface area (Å²) in [5, 5.41) is 0. The molecule has 78 valence electrons. The summed E-state index contributed by atoms with van der Waals surface area (Å²) in [5.74, 6) is 0.0926. The predicted octanol–water partition coefficient (Wildman–Crippen LogP) is 3.17. The lowest BCUT2D eigenvalue weighted by atomic mass is 10.7. The molecular weight excluding hydrogens is 150 g/mol. The van der Waals surface area contributed by atoms with E-state index in [1.807, 2.05) is 41.5 Å². The molecule has 0 bridgehead atoms. The zero-order chi connectivity index (χ0) is 11.2. The fourth-order valence-electron chi connectivity index (χ4n) is 0. The molecule has 12 heavy (non-hydrogen) atoms. The van der Waals surface area contributed by atoms with Gasteiger partial charge in [-0.3, -0.25) is 4.79 Å². The van der Waals surface area contributed by atoms with Crippen molar-refractivity contribution in [2.45, 2.75) is 48.5 Å². The molecule has 0 aromatic heterocycles. The number of rotatable bonds is 0. The molecule has 0 N–H and O–H groups in total. The molecule has 0 fully saturated rings. The van der Waals surface area contributed by atoms with Crippen molar-refractivity contribution < 1.29 is 4.79 Å². The molecule has 0 heterocycles. The van der Waals surface area contributed by atoms with Crippen molar-refractivity contribution in [1.82, 2.24) is 4.90 Å². The lowest BCUT2D eigenvalue weighted by Gasteiger charge is -2.02. The van der Waals surface area contributed by atoms with Crippen LogP contribution in [-0.4, -0.2) is 24.9 Å². The Morgan fingerprint density at radius 2 is 0.917 bits per heavy atom. The second-order valence-corrected chi connectivity index (χ2v) is 1.41. The van der Waals surface area contributed by atoms with Crippen LogP contribution >= 0.6 is 0 Å². The number of carbonyl (C=O) groups is 1. The van der Waals surface area contributed by atoms with Gasteiger partial charge in [0.15, 0.2) is 0 Å². The summed E-state index contributed by atoms with van der Waals surface area (Å²) in [6.07, 6.45) is 0. The number of carbonyl (C=O) groups excluding carboxylic acids is 1. The Kier molecular flexibility index (Phi) is 58.9. The molecule has 0 aliphatic carbocycles. The summed E-state index contributed by atoms with van der Waals surface area (Å²) in [6.45, 7) is 13.5. The maximum atomic E-state index is 10.1. The minimum absolute atomic E-state index is 0.0926. The van der Waals surface area contributed by atoms with E-state index in [-0.39, 0.29) is 5.91 Å². The van der Waals surface area contributed by atoms with Crippen molar-refractivity contribution in [3.8, 4) is 0 Å². The number of hydrogen-bond acceptors (Lipinski definition) is 1. The van der Waals surface area contributed by atoms with Crippen molar-refractivity contribution in [2.24, 2.45) is 0 Å². The summed E-state index contributed by atoms with van der Waals surface area (Å²) < 4.78 is 0. The first-order valence-electron chi connectivity index (χ1n) is 4.82. The largest absolute Gasteiger partial charge is 0.349 e. The van der Waals surface area contributed by atoms with Gasteiger partial charge >= 0.3 is 0 Å². The summed E-state index contributed by atoms with van der Waals surface area (Å²) in [7, 11) is 3.45. The zero-order valence-electron chi connectivity index (χ0n) is 10.4. The molecule has 0 aromatic carbocycles. The van der Waals surface area contributed by atoms with Gasteiger partial charge in [0.25, 0.3) is 0 Å². The molecule has 0 saturated carbocycles. The molecule has 0 saturated heterocycles. The molecule has 0 rings (SSSR count). The van der Waals surface area contributed by atoms with Gasteiger partial charge in [-0.15, -0.1) is 0 Å². The van der Waals surface area contributed by atoms with E-state index >= 15 is 0 Å². The second kappa shape index (κ2) is 31.4. The van der Waals surface area contributed by atoms with Crippen molar-refractivity contribution >= 4 is 5.91 Å². The van der Waals surface area contributed by atoms with Crippen LogP contribution in [-0.2, 0) is 4.79 Å². The van der Waals surface area contributed by atoms with Gasteiger partial charge in [-0.2, -0.15) is 0 Å². The Morgan fingerprint density at radius 3 is 0.917 bits per heavy atom. The van der Waals surface area contributed by atoms with Crippen LogP contribution in [0.5, 0.6) is 0 Å². The second-order valence-electron chi connectivity index (χ2n) is 1.41. The van der Waals surface area contributed by atoms with E-state index in [2.05, 4.69) is 0 Å². The smallest absolute Gasteiger partial charge is 0.218 e. The van der Waals surface area contributed by atoms with Crippen LogP contribution in [0.3, 0.4) is 0 Å². The van der Waals surface area contributed by atoms with Gasteiger partial charge in [0.1, 0.15) is 0 Å². The van der Waals surface area contributed by atoms with Gasteiger partial charge < -0.3 is 4.90 Å². The predicted molar refractivity (Wildman–Crippen MR) is 58.4 cm³/mol. The first-order chi connectivity index (χ1) is 5.64. The Labute approximate surface area is 79.0 Å².